The van der Waals surface area contributed by atoms with E-state index in [1.807, 2.05) is 39.0 Å². The van der Waals surface area contributed by atoms with Gasteiger partial charge in [0.2, 0.25) is 0 Å². The Bertz CT molecular complexity index is 2220. The van der Waals surface area contributed by atoms with Crippen molar-refractivity contribution >= 4 is 46.0 Å². The van der Waals surface area contributed by atoms with Crippen LogP contribution in [0.25, 0.3) is 10.9 Å². The molecule has 2 atom stereocenters. The average molecular weight is 747 g/mol. The molecule has 2 aliphatic rings. The molecule has 55 heavy (non-hydrogen) atoms. The smallest absolute Gasteiger partial charge is 0.412 e. The Morgan fingerprint density at radius 1 is 0.891 bits per heavy atom. The number of carbonyl (C=O) groups is 3. The molecule has 1 fully saturated rings. The highest BCUT2D eigenvalue weighted by molar-refractivity contribution is 6.04. The molecule has 0 spiro atoms. The topological polar surface area (TPSA) is 135 Å². The van der Waals surface area contributed by atoms with E-state index in [9.17, 15) is 14.4 Å². The summed E-state index contributed by atoms with van der Waals surface area (Å²) in [6, 6.07) is 22.9. The third-order valence-electron chi connectivity index (χ3n) is 9.70. The number of rotatable bonds is 10. The first-order chi connectivity index (χ1) is 26.5. The lowest BCUT2D eigenvalue weighted by Gasteiger charge is -2.34. The van der Waals surface area contributed by atoms with Crippen LogP contribution in [0.5, 0.6) is 11.5 Å². The van der Waals surface area contributed by atoms with Gasteiger partial charge in [0, 0.05) is 47.8 Å². The second-order valence-corrected chi connectivity index (χ2v) is 14.7. The number of ether oxygens (including phenoxy) is 3. The molecule has 0 saturated carbocycles. The lowest BCUT2D eigenvalue weighted by atomic mass is 9.96. The molecule has 0 radical (unpaired) electrons. The number of nitrogens with zero attached hydrogens (tertiary/aromatic N) is 4. The van der Waals surface area contributed by atoms with Gasteiger partial charge in [-0.05, 0) is 60.7 Å². The number of hydrogen-bond donors (Lipinski definition) is 2. The number of hydrogen-bond acceptors (Lipinski definition) is 9. The largest absolute Gasteiger partial charge is 0.493 e. The van der Waals surface area contributed by atoms with Gasteiger partial charge < -0.3 is 34.6 Å². The standard InChI is InChI=1S/C42H43FN6O6/c1-42(2,3)40(55-41(52)48-19-11-6-12-20-48)54-35-22-30-33(23-34(35)53-4)44-25-45-37(30)47-32-18-17-28(21-31(32)43)46-38(50)36(26-13-7-5-8-14-26)49-24-27-15-9-10-16-29(27)39(49)51/h5,7-10,13-18,21-23,25,36,40H,6,11-12,19-20,24H2,1-4H3,(H,46,50)(H,44,45,47). The van der Waals surface area contributed by atoms with Gasteiger partial charge in [0.25, 0.3) is 18.1 Å². The molecular weight excluding hydrogens is 703 g/mol. The van der Waals surface area contributed by atoms with Crippen molar-refractivity contribution in [2.45, 2.75) is 58.9 Å². The summed E-state index contributed by atoms with van der Waals surface area (Å²) in [5, 5.41) is 6.36. The van der Waals surface area contributed by atoms with Crippen LogP contribution in [0.4, 0.5) is 26.4 Å². The summed E-state index contributed by atoms with van der Waals surface area (Å²) in [6.45, 7) is 7.26. The molecule has 4 aromatic carbocycles. The lowest BCUT2D eigenvalue weighted by Crippen LogP contribution is -2.43. The average Bonchev–Trinajstić information content (AvgIpc) is 3.51. The molecule has 13 heteroatoms. The predicted octanol–water partition coefficient (Wildman–Crippen LogP) is 8.23. The van der Waals surface area contributed by atoms with Gasteiger partial charge in [-0.15, -0.1) is 0 Å². The highest BCUT2D eigenvalue weighted by Crippen LogP contribution is 2.38. The van der Waals surface area contributed by atoms with Crippen LogP contribution < -0.4 is 20.1 Å². The van der Waals surface area contributed by atoms with E-state index in [0.717, 1.165) is 24.8 Å². The maximum Gasteiger partial charge on any atom is 0.412 e. The highest BCUT2D eigenvalue weighted by Gasteiger charge is 2.38. The van der Waals surface area contributed by atoms with Crippen molar-refractivity contribution in [1.82, 2.24) is 19.8 Å². The van der Waals surface area contributed by atoms with Gasteiger partial charge in [0.1, 0.15) is 24.0 Å². The van der Waals surface area contributed by atoms with E-state index in [4.69, 9.17) is 14.2 Å². The van der Waals surface area contributed by atoms with Crippen molar-refractivity contribution in [2.24, 2.45) is 5.41 Å². The highest BCUT2D eigenvalue weighted by atomic mass is 19.1. The molecule has 12 nitrogen and oxygen atoms in total. The fraction of sp³-hybridized carbons (Fsp3) is 0.310. The predicted molar refractivity (Wildman–Crippen MR) is 206 cm³/mol. The van der Waals surface area contributed by atoms with Crippen molar-refractivity contribution in [3.05, 3.63) is 114 Å². The Balaban J connectivity index is 1.12. The van der Waals surface area contributed by atoms with Gasteiger partial charge in [-0.2, -0.15) is 0 Å². The number of carbonyl (C=O) groups excluding carboxylic acids is 3. The van der Waals surface area contributed by atoms with Gasteiger partial charge in [0.05, 0.1) is 18.3 Å². The van der Waals surface area contributed by atoms with E-state index in [1.165, 1.54) is 30.5 Å². The third-order valence-corrected chi connectivity index (χ3v) is 9.70. The first-order valence-electron chi connectivity index (χ1n) is 18.3. The summed E-state index contributed by atoms with van der Waals surface area (Å²) >= 11 is 0. The normalized spacial score (nSPS) is 15.3. The summed E-state index contributed by atoms with van der Waals surface area (Å²) in [6.07, 6.45) is 2.87. The molecule has 2 N–H and O–H groups in total. The Morgan fingerprint density at radius 2 is 1.64 bits per heavy atom. The van der Waals surface area contributed by atoms with Crippen molar-refractivity contribution < 1.29 is 33.0 Å². The first-order valence-corrected chi connectivity index (χ1v) is 18.3. The summed E-state index contributed by atoms with van der Waals surface area (Å²) in [5.74, 6) is -0.466. The third kappa shape index (κ3) is 8.01. The van der Waals surface area contributed by atoms with Crippen LogP contribution in [0, 0.1) is 11.2 Å². The van der Waals surface area contributed by atoms with E-state index < -0.39 is 35.6 Å². The number of amides is 3. The zero-order chi connectivity index (χ0) is 38.7. The molecule has 0 aliphatic carbocycles. The first kappa shape index (κ1) is 37.1. The summed E-state index contributed by atoms with van der Waals surface area (Å²) < 4.78 is 33.7. The van der Waals surface area contributed by atoms with Gasteiger partial charge >= 0.3 is 6.09 Å². The number of halogens is 1. The van der Waals surface area contributed by atoms with Crippen molar-refractivity contribution in [3.8, 4) is 11.5 Å². The van der Waals surface area contributed by atoms with Crippen LogP contribution in [0.3, 0.4) is 0 Å². The van der Waals surface area contributed by atoms with Crippen LogP contribution in [0.1, 0.15) is 67.6 Å². The maximum atomic E-state index is 15.8. The summed E-state index contributed by atoms with van der Waals surface area (Å²) in [5.41, 5.74) is 2.21. The minimum Gasteiger partial charge on any atom is -0.493 e. The van der Waals surface area contributed by atoms with Gasteiger partial charge in [0.15, 0.2) is 11.5 Å². The number of aromatic nitrogens is 2. The zero-order valence-corrected chi connectivity index (χ0v) is 31.2. The Labute approximate surface area is 318 Å². The number of benzene rings is 4. The summed E-state index contributed by atoms with van der Waals surface area (Å²) in [4.78, 5) is 52.4. The molecule has 5 aromatic rings. The van der Waals surface area contributed by atoms with Crippen LogP contribution in [0.2, 0.25) is 0 Å². The van der Waals surface area contributed by atoms with E-state index >= 15 is 4.39 Å². The fourth-order valence-electron chi connectivity index (χ4n) is 6.78. The number of fused-ring (bicyclic) bond motifs is 2. The Kier molecular flexibility index (Phi) is 10.5. The van der Waals surface area contributed by atoms with Crippen LogP contribution in [0.15, 0.2) is 91.3 Å². The molecule has 1 aromatic heterocycles. The molecule has 7 rings (SSSR count). The minimum atomic E-state index is -0.963. The van der Waals surface area contributed by atoms with Crippen LogP contribution >= 0.6 is 0 Å². The molecule has 2 unspecified atom stereocenters. The molecule has 1 saturated heterocycles. The minimum absolute atomic E-state index is 0.0871. The molecule has 3 amide bonds. The van der Waals surface area contributed by atoms with Crippen LogP contribution in [-0.4, -0.2) is 64.2 Å². The quantitative estimate of drug-likeness (QED) is 0.136. The number of nitrogens with one attached hydrogen (secondary N) is 2. The summed E-state index contributed by atoms with van der Waals surface area (Å²) in [7, 11) is 1.50. The molecule has 0 bridgehead atoms. The van der Waals surface area contributed by atoms with Gasteiger partial charge in [-0.25, -0.2) is 19.2 Å². The van der Waals surface area contributed by atoms with E-state index in [-0.39, 0.29) is 35.4 Å². The van der Waals surface area contributed by atoms with E-state index in [1.54, 1.807) is 59.5 Å². The van der Waals surface area contributed by atoms with Crippen molar-refractivity contribution in [3.63, 3.8) is 0 Å². The monoisotopic (exact) mass is 746 g/mol. The Morgan fingerprint density at radius 3 is 2.35 bits per heavy atom. The zero-order valence-electron chi connectivity index (χ0n) is 31.2. The van der Waals surface area contributed by atoms with Crippen molar-refractivity contribution in [1.29, 1.82) is 0 Å². The van der Waals surface area contributed by atoms with E-state index in [2.05, 4.69) is 20.6 Å². The van der Waals surface area contributed by atoms with Crippen LogP contribution in [-0.2, 0) is 16.1 Å². The fourth-order valence-corrected chi connectivity index (χ4v) is 6.78. The number of likely N-dealkylation sites (tertiary alicyclic amines) is 1. The van der Waals surface area contributed by atoms with E-state index in [0.29, 0.717) is 40.9 Å². The van der Waals surface area contributed by atoms with Gasteiger partial charge in [-0.3, -0.25) is 9.59 Å². The number of anilines is 3. The molecule has 284 valence electrons. The number of methoxy groups -OCH3 is 1. The lowest BCUT2D eigenvalue weighted by molar-refractivity contribution is -0.120. The molecular formula is C42H43FN6O6. The second-order valence-electron chi connectivity index (χ2n) is 14.7. The second kappa shape index (κ2) is 15.6. The number of piperidine rings is 1. The van der Waals surface area contributed by atoms with Gasteiger partial charge in [-0.1, -0.05) is 69.3 Å². The molecule has 2 aliphatic heterocycles. The maximum absolute atomic E-state index is 15.8. The van der Waals surface area contributed by atoms with Crippen molar-refractivity contribution in [2.75, 3.05) is 30.8 Å². The molecule has 3 heterocycles. The Hall–Kier alpha value is -6.24. The SMILES string of the molecule is COc1cc2ncnc(Nc3ccc(NC(=O)C(c4ccccc4)N4Cc5ccccc5C4=O)cc3F)c2cc1OC(OC(=O)N1CCCCC1)C(C)(C)C.